The molecule has 32 heavy (non-hydrogen) atoms. The first-order chi connectivity index (χ1) is 15.5. The highest BCUT2D eigenvalue weighted by atomic mass is 35.5. The molecule has 1 aliphatic heterocycles. The quantitative estimate of drug-likeness (QED) is 0.558. The number of alkyl halides is 1. The molecule has 2 aromatic heterocycles. The molecule has 0 saturated carbocycles. The Morgan fingerprint density at radius 3 is 2.59 bits per heavy atom. The van der Waals surface area contributed by atoms with Gasteiger partial charge >= 0.3 is 6.09 Å². The standard InChI is InChI=1S/C21H25ClFN7O2/c1-14-25-19(29-12-10-28(8-6-23)11-13-29)17-20(26-14)30(9-7-24-21(31)32)18(27-17)15-4-2-3-5-16(15)22/h2-5,24H,6-13H2,1H3,(H,31,32). The van der Waals surface area contributed by atoms with Crippen molar-refractivity contribution >= 4 is 34.7 Å². The minimum Gasteiger partial charge on any atom is -0.465 e. The lowest BCUT2D eigenvalue weighted by atomic mass is 10.2. The third-order valence-corrected chi connectivity index (χ3v) is 5.82. The molecule has 1 aliphatic rings. The molecule has 1 fully saturated rings. The van der Waals surface area contributed by atoms with Gasteiger partial charge in [-0.15, -0.1) is 0 Å². The van der Waals surface area contributed by atoms with Gasteiger partial charge in [-0.2, -0.15) is 0 Å². The van der Waals surface area contributed by atoms with Crippen molar-refractivity contribution in [1.82, 2.24) is 29.7 Å². The molecule has 170 valence electrons. The van der Waals surface area contributed by atoms with Gasteiger partial charge in [0.05, 0.1) is 5.02 Å². The number of aromatic nitrogens is 4. The highest BCUT2D eigenvalue weighted by molar-refractivity contribution is 6.33. The molecule has 1 aromatic carbocycles. The summed E-state index contributed by atoms with van der Waals surface area (Å²) in [5, 5.41) is 11.9. The van der Waals surface area contributed by atoms with Crippen molar-refractivity contribution in [3.63, 3.8) is 0 Å². The number of aryl methyl sites for hydroxylation is 1. The van der Waals surface area contributed by atoms with Gasteiger partial charge < -0.3 is 19.9 Å². The first-order valence-corrected chi connectivity index (χ1v) is 10.9. The van der Waals surface area contributed by atoms with Gasteiger partial charge in [-0.25, -0.2) is 24.1 Å². The van der Waals surface area contributed by atoms with Gasteiger partial charge in [0.2, 0.25) is 0 Å². The smallest absolute Gasteiger partial charge is 0.404 e. The van der Waals surface area contributed by atoms with Crippen LogP contribution in [0.25, 0.3) is 22.6 Å². The van der Waals surface area contributed by atoms with E-state index in [1.807, 2.05) is 29.7 Å². The number of imidazole rings is 1. The summed E-state index contributed by atoms with van der Waals surface area (Å²) in [6.07, 6.45) is -1.09. The summed E-state index contributed by atoms with van der Waals surface area (Å²) in [6.45, 7) is 5.35. The van der Waals surface area contributed by atoms with Crippen LogP contribution in [0.4, 0.5) is 15.0 Å². The van der Waals surface area contributed by atoms with E-state index in [2.05, 4.69) is 25.1 Å². The summed E-state index contributed by atoms with van der Waals surface area (Å²) in [6, 6.07) is 7.39. The molecular weight excluding hydrogens is 437 g/mol. The fourth-order valence-electron chi connectivity index (χ4n) is 3.95. The second-order valence-electron chi connectivity index (χ2n) is 7.58. The normalized spacial score (nSPS) is 14.8. The van der Waals surface area contributed by atoms with Crippen LogP contribution in [0.15, 0.2) is 24.3 Å². The summed E-state index contributed by atoms with van der Waals surface area (Å²) < 4.78 is 14.6. The molecule has 4 rings (SSSR count). The van der Waals surface area contributed by atoms with Crippen LogP contribution >= 0.6 is 11.6 Å². The summed E-state index contributed by atoms with van der Waals surface area (Å²) in [5.41, 5.74) is 2.00. The van der Waals surface area contributed by atoms with Gasteiger partial charge in [0.1, 0.15) is 18.3 Å². The number of hydrogen-bond acceptors (Lipinski definition) is 6. The van der Waals surface area contributed by atoms with Gasteiger partial charge in [-0.3, -0.25) is 4.90 Å². The average Bonchev–Trinajstić information content (AvgIpc) is 3.12. The number of carboxylic acid groups (broad SMARTS) is 1. The van der Waals surface area contributed by atoms with E-state index in [-0.39, 0.29) is 13.2 Å². The highest BCUT2D eigenvalue weighted by Crippen LogP contribution is 2.32. The zero-order valence-electron chi connectivity index (χ0n) is 17.8. The average molecular weight is 462 g/mol. The van der Waals surface area contributed by atoms with Crippen molar-refractivity contribution in [2.45, 2.75) is 13.5 Å². The van der Waals surface area contributed by atoms with Crippen molar-refractivity contribution in [3.05, 3.63) is 35.1 Å². The van der Waals surface area contributed by atoms with Crippen LogP contribution in [-0.4, -0.2) is 81.6 Å². The lowest BCUT2D eigenvalue weighted by Gasteiger charge is -2.34. The fraction of sp³-hybridized carbons (Fsp3) is 0.429. The molecule has 2 N–H and O–H groups in total. The maximum Gasteiger partial charge on any atom is 0.404 e. The molecule has 0 aliphatic carbocycles. The molecule has 0 bridgehead atoms. The van der Waals surface area contributed by atoms with E-state index in [0.717, 1.165) is 24.5 Å². The number of amides is 1. The number of anilines is 1. The topological polar surface area (TPSA) is 99.4 Å². The number of fused-ring (bicyclic) bond motifs is 1. The number of piperazine rings is 1. The number of carbonyl (C=O) groups is 1. The predicted octanol–water partition coefficient (Wildman–Crippen LogP) is 2.81. The monoisotopic (exact) mass is 461 g/mol. The largest absolute Gasteiger partial charge is 0.465 e. The third-order valence-electron chi connectivity index (χ3n) is 5.49. The first-order valence-electron chi connectivity index (χ1n) is 10.5. The van der Waals surface area contributed by atoms with E-state index in [9.17, 15) is 9.18 Å². The molecule has 0 atom stereocenters. The summed E-state index contributed by atoms with van der Waals surface area (Å²) in [4.78, 5) is 29.4. The van der Waals surface area contributed by atoms with E-state index in [0.29, 0.717) is 54.0 Å². The number of rotatable bonds is 7. The zero-order valence-corrected chi connectivity index (χ0v) is 18.5. The van der Waals surface area contributed by atoms with Gasteiger partial charge in [-0.1, -0.05) is 23.7 Å². The van der Waals surface area contributed by atoms with Crippen LogP contribution in [0, 0.1) is 6.92 Å². The Bertz CT molecular complexity index is 1110. The number of nitrogens with zero attached hydrogens (tertiary/aromatic N) is 6. The maximum absolute atomic E-state index is 12.7. The fourth-order valence-corrected chi connectivity index (χ4v) is 4.17. The molecule has 9 nitrogen and oxygen atoms in total. The molecule has 0 unspecified atom stereocenters. The Morgan fingerprint density at radius 1 is 1.16 bits per heavy atom. The van der Waals surface area contributed by atoms with Crippen LogP contribution in [0.2, 0.25) is 5.02 Å². The van der Waals surface area contributed by atoms with Gasteiger partial charge in [0.25, 0.3) is 0 Å². The van der Waals surface area contributed by atoms with Crippen LogP contribution in [0.5, 0.6) is 0 Å². The third kappa shape index (κ3) is 4.61. The van der Waals surface area contributed by atoms with Crippen molar-refractivity contribution in [2.75, 3.05) is 50.8 Å². The molecule has 3 aromatic rings. The Morgan fingerprint density at radius 2 is 1.91 bits per heavy atom. The minimum absolute atomic E-state index is 0.193. The van der Waals surface area contributed by atoms with E-state index in [1.54, 1.807) is 6.07 Å². The van der Waals surface area contributed by atoms with Crippen LogP contribution in [-0.2, 0) is 6.54 Å². The number of benzene rings is 1. The lowest BCUT2D eigenvalue weighted by Crippen LogP contribution is -2.47. The van der Waals surface area contributed by atoms with E-state index in [1.165, 1.54) is 0 Å². The van der Waals surface area contributed by atoms with Crippen LogP contribution < -0.4 is 10.2 Å². The Balaban J connectivity index is 1.78. The SMILES string of the molecule is Cc1nc(N2CCN(CCF)CC2)c2nc(-c3ccccc3Cl)n(CCNC(=O)O)c2n1. The molecular formula is C21H25ClFN7O2. The molecule has 3 heterocycles. The van der Waals surface area contributed by atoms with Gasteiger partial charge in [0.15, 0.2) is 17.0 Å². The van der Waals surface area contributed by atoms with Gasteiger partial charge in [0, 0.05) is 51.4 Å². The highest BCUT2D eigenvalue weighted by Gasteiger charge is 2.25. The molecule has 11 heteroatoms. The Kier molecular flexibility index (Phi) is 6.71. The van der Waals surface area contributed by atoms with Crippen molar-refractivity contribution in [3.8, 4) is 11.4 Å². The summed E-state index contributed by atoms with van der Waals surface area (Å²) in [5.74, 6) is 1.93. The minimum atomic E-state index is -1.09. The van der Waals surface area contributed by atoms with Crippen molar-refractivity contribution < 1.29 is 14.3 Å². The lowest BCUT2D eigenvalue weighted by molar-refractivity contribution is 0.194. The number of halogens is 2. The van der Waals surface area contributed by atoms with Gasteiger partial charge in [-0.05, 0) is 19.1 Å². The molecule has 0 radical (unpaired) electrons. The summed E-state index contributed by atoms with van der Waals surface area (Å²) in [7, 11) is 0. The Hall–Kier alpha value is -2.98. The summed E-state index contributed by atoms with van der Waals surface area (Å²) >= 11 is 6.46. The first kappa shape index (κ1) is 22.2. The second-order valence-corrected chi connectivity index (χ2v) is 7.99. The molecule has 0 spiro atoms. The van der Waals surface area contributed by atoms with Crippen LogP contribution in [0.1, 0.15) is 5.82 Å². The van der Waals surface area contributed by atoms with Crippen LogP contribution in [0.3, 0.4) is 0 Å². The zero-order chi connectivity index (χ0) is 22.7. The number of nitrogens with one attached hydrogen (secondary N) is 1. The Labute approximate surface area is 189 Å². The van der Waals surface area contributed by atoms with E-state index < -0.39 is 6.09 Å². The second kappa shape index (κ2) is 9.66. The van der Waals surface area contributed by atoms with E-state index in [4.69, 9.17) is 21.7 Å². The predicted molar refractivity (Wildman–Crippen MR) is 121 cm³/mol. The maximum atomic E-state index is 12.7. The molecule has 1 saturated heterocycles. The molecule has 1 amide bonds. The van der Waals surface area contributed by atoms with Crippen molar-refractivity contribution in [2.24, 2.45) is 0 Å². The van der Waals surface area contributed by atoms with E-state index >= 15 is 0 Å². The number of hydrogen-bond donors (Lipinski definition) is 2. The van der Waals surface area contributed by atoms with Crippen molar-refractivity contribution in [1.29, 1.82) is 0 Å².